The summed E-state index contributed by atoms with van der Waals surface area (Å²) in [7, 11) is 1.53. The summed E-state index contributed by atoms with van der Waals surface area (Å²) in [4.78, 5) is 21.1. The molecule has 25 heavy (non-hydrogen) atoms. The van der Waals surface area contributed by atoms with Crippen molar-refractivity contribution in [2.45, 2.75) is 13.0 Å². The minimum atomic E-state index is -0.661. The molecule has 0 aliphatic carbocycles. The maximum atomic E-state index is 12.6. The zero-order valence-electron chi connectivity index (χ0n) is 14.1. The highest BCUT2D eigenvalue weighted by Crippen LogP contribution is 2.23. The third kappa shape index (κ3) is 4.08. The number of nitrogens with zero attached hydrogens (tertiary/aromatic N) is 2. The van der Waals surface area contributed by atoms with Crippen LogP contribution in [-0.4, -0.2) is 23.0 Å². The summed E-state index contributed by atoms with van der Waals surface area (Å²) >= 11 is 0. The number of hydrogen-bond donors (Lipinski definition) is 1. The molecule has 0 spiro atoms. The van der Waals surface area contributed by atoms with Crippen molar-refractivity contribution in [2.75, 3.05) is 12.4 Å². The third-order valence-electron chi connectivity index (χ3n) is 3.78. The number of rotatable bonds is 5. The van der Waals surface area contributed by atoms with Crippen LogP contribution in [-0.2, 0) is 9.53 Å². The van der Waals surface area contributed by atoms with Gasteiger partial charge < -0.3 is 10.1 Å². The van der Waals surface area contributed by atoms with E-state index < -0.39 is 6.10 Å². The Hall–Kier alpha value is -3.05. The van der Waals surface area contributed by atoms with Gasteiger partial charge in [0.25, 0.3) is 5.91 Å². The van der Waals surface area contributed by atoms with Crippen LogP contribution in [0.1, 0.15) is 17.5 Å². The van der Waals surface area contributed by atoms with Crippen LogP contribution in [0.4, 0.5) is 5.69 Å². The lowest BCUT2D eigenvalue weighted by molar-refractivity contribution is -0.126. The number of aromatic nitrogens is 2. The van der Waals surface area contributed by atoms with Gasteiger partial charge in [-0.15, -0.1) is 0 Å². The minimum Gasteiger partial charge on any atom is -0.367 e. The fraction of sp³-hybridized carbons (Fsp3) is 0.150. The molecule has 0 radical (unpaired) electrons. The van der Waals surface area contributed by atoms with Crippen molar-refractivity contribution in [3.8, 4) is 11.3 Å². The standard InChI is InChI=1S/C20H19N3O2/c1-14-21-12-11-18(22-14)16-9-6-10-17(13-16)23-20(24)19(25-2)15-7-4-3-5-8-15/h3-13,19H,1-2H3,(H,23,24)/t19-/m1/s1. The van der Waals surface area contributed by atoms with Gasteiger partial charge in [-0.25, -0.2) is 9.97 Å². The molecule has 0 bridgehead atoms. The van der Waals surface area contributed by atoms with Crippen LogP contribution in [0.15, 0.2) is 66.9 Å². The fourth-order valence-corrected chi connectivity index (χ4v) is 2.60. The van der Waals surface area contributed by atoms with Crippen LogP contribution in [0.5, 0.6) is 0 Å². The Morgan fingerprint density at radius 1 is 1.08 bits per heavy atom. The Morgan fingerprint density at radius 3 is 2.60 bits per heavy atom. The summed E-state index contributed by atoms with van der Waals surface area (Å²) in [5.74, 6) is 0.486. The molecule has 5 nitrogen and oxygen atoms in total. The van der Waals surface area contributed by atoms with E-state index in [1.807, 2.05) is 67.6 Å². The monoisotopic (exact) mass is 333 g/mol. The minimum absolute atomic E-state index is 0.218. The molecule has 2 aromatic carbocycles. The quantitative estimate of drug-likeness (QED) is 0.772. The average molecular weight is 333 g/mol. The second-order valence-electron chi connectivity index (χ2n) is 5.59. The molecular weight excluding hydrogens is 314 g/mol. The van der Waals surface area contributed by atoms with E-state index in [0.717, 1.165) is 16.8 Å². The Morgan fingerprint density at radius 2 is 1.88 bits per heavy atom. The number of hydrogen-bond acceptors (Lipinski definition) is 4. The van der Waals surface area contributed by atoms with Gasteiger partial charge in [0.2, 0.25) is 0 Å². The molecule has 0 fully saturated rings. The zero-order valence-corrected chi connectivity index (χ0v) is 14.1. The van der Waals surface area contributed by atoms with Gasteiger partial charge in [0.15, 0.2) is 6.10 Å². The largest absolute Gasteiger partial charge is 0.367 e. The summed E-state index contributed by atoms with van der Waals surface area (Å²) in [5.41, 5.74) is 3.23. The first-order valence-electron chi connectivity index (χ1n) is 7.96. The second-order valence-corrected chi connectivity index (χ2v) is 5.59. The Bertz CT molecular complexity index is 866. The molecule has 1 aromatic heterocycles. The van der Waals surface area contributed by atoms with Gasteiger partial charge in [0.05, 0.1) is 5.69 Å². The van der Waals surface area contributed by atoms with Crippen molar-refractivity contribution in [1.82, 2.24) is 9.97 Å². The van der Waals surface area contributed by atoms with Crippen molar-refractivity contribution in [2.24, 2.45) is 0 Å². The molecule has 3 aromatic rings. The number of ether oxygens (including phenoxy) is 1. The lowest BCUT2D eigenvalue weighted by Crippen LogP contribution is -2.22. The van der Waals surface area contributed by atoms with E-state index >= 15 is 0 Å². The van der Waals surface area contributed by atoms with Crippen LogP contribution in [0.25, 0.3) is 11.3 Å². The molecule has 1 N–H and O–H groups in total. The van der Waals surface area contributed by atoms with Gasteiger partial charge in [-0.2, -0.15) is 0 Å². The number of amides is 1. The SMILES string of the molecule is CO[C@@H](C(=O)Nc1cccc(-c2ccnc(C)n2)c1)c1ccccc1. The molecule has 1 heterocycles. The Kier molecular flexibility index (Phi) is 5.16. The molecule has 0 saturated carbocycles. The van der Waals surface area contributed by atoms with Crippen molar-refractivity contribution < 1.29 is 9.53 Å². The zero-order chi connectivity index (χ0) is 17.6. The molecule has 0 saturated heterocycles. The van der Waals surface area contributed by atoms with Crippen LogP contribution in [0.3, 0.4) is 0 Å². The normalized spacial score (nSPS) is 11.8. The number of carbonyl (C=O) groups is 1. The predicted octanol–water partition coefficient (Wildman–Crippen LogP) is 3.78. The lowest BCUT2D eigenvalue weighted by atomic mass is 10.1. The van der Waals surface area contributed by atoms with Crippen molar-refractivity contribution in [3.63, 3.8) is 0 Å². The summed E-state index contributed by atoms with van der Waals surface area (Å²) in [6.07, 6.45) is 1.06. The summed E-state index contributed by atoms with van der Waals surface area (Å²) in [5, 5.41) is 2.91. The van der Waals surface area contributed by atoms with Crippen molar-refractivity contribution >= 4 is 11.6 Å². The smallest absolute Gasteiger partial charge is 0.258 e. The maximum absolute atomic E-state index is 12.6. The molecule has 3 rings (SSSR count). The van der Waals surface area contributed by atoms with E-state index in [9.17, 15) is 4.79 Å². The van der Waals surface area contributed by atoms with Crippen LogP contribution in [0.2, 0.25) is 0 Å². The van der Waals surface area contributed by atoms with Crippen LogP contribution in [0, 0.1) is 6.92 Å². The molecular formula is C20H19N3O2. The van der Waals surface area contributed by atoms with E-state index in [0.29, 0.717) is 11.5 Å². The van der Waals surface area contributed by atoms with Crippen molar-refractivity contribution in [1.29, 1.82) is 0 Å². The average Bonchev–Trinajstić information content (AvgIpc) is 2.63. The number of methoxy groups -OCH3 is 1. The van der Waals surface area contributed by atoms with E-state index in [-0.39, 0.29) is 5.91 Å². The molecule has 0 unspecified atom stereocenters. The Labute approximate surface area is 146 Å². The molecule has 1 atom stereocenters. The first-order valence-corrected chi connectivity index (χ1v) is 7.96. The number of nitrogens with one attached hydrogen (secondary N) is 1. The van der Waals surface area contributed by atoms with E-state index in [1.54, 1.807) is 6.20 Å². The first kappa shape index (κ1) is 16.8. The number of anilines is 1. The summed E-state index contributed by atoms with van der Waals surface area (Å²) in [6.45, 7) is 1.85. The lowest BCUT2D eigenvalue weighted by Gasteiger charge is -2.16. The maximum Gasteiger partial charge on any atom is 0.258 e. The van der Waals surface area contributed by atoms with Gasteiger partial charge in [-0.05, 0) is 30.7 Å². The van der Waals surface area contributed by atoms with Gasteiger partial charge in [0, 0.05) is 24.6 Å². The summed E-state index contributed by atoms with van der Waals surface area (Å²) < 4.78 is 5.37. The number of benzene rings is 2. The summed E-state index contributed by atoms with van der Waals surface area (Å²) in [6, 6.07) is 18.8. The Balaban J connectivity index is 1.81. The van der Waals surface area contributed by atoms with Crippen LogP contribution < -0.4 is 5.32 Å². The van der Waals surface area contributed by atoms with E-state index in [1.165, 1.54) is 7.11 Å². The van der Waals surface area contributed by atoms with Gasteiger partial charge in [-0.1, -0.05) is 42.5 Å². The molecule has 5 heteroatoms. The topological polar surface area (TPSA) is 64.1 Å². The highest BCUT2D eigenvalue weighted by Gasteiger charge is 2.20. The van der Waals surface area contributed by atoms with Crippen molar-refractivity contribution in [3.05, 3.63) is 78.2 Å². The second kappa shape index (κ2) is 7.68. The highest BCUT2D eigenvalue weighted by atomic mass is 16.5. The third-order valence-corrected chi connectivity index (χ3v) is 3.78. The number of carbonyl (C=O) groups excluding carboxylic acids is 1. The van der Waals surface area contributed by atoms with Crippen LogP contribution >= 0.6 is 0 Å². The molecule has 0 aliphatic rings. The number of aryl methyl sites for hydroxylation is 1. The highest BCUT2D eigenvalue weighted by molar-refractivity contribution is 5.95. The molecule has 1 amide bonds. The van der Waals surface area contributed by atoms with Gasteiger partial charge in [0.1, 0.15) is 5.82 Å². The fourth-order valence-electron chi connectivity index (χ4n) is 2.60. The first-order chi connectivity index (χ1) is 12.2. The van der Waals surface area contributed by atoms with Gasteiger partial charge >= 0.3 is 0 Å². The van der Waals surface area contributed by atoms with E-state index in [2.05, 4.69) is 15.3 Å². The molecule has 0 aliphatic heterocycles. The predicted molar refractivity (Wildman–Crippen MR) is 97.0 cm³/mol. The van der Waals surface area contributed by atoms with Gasteiger partial charge in [-0.3, -0.25) is 4.79 Å². The molecule has 126 valence electrons. The van der Waals surface area contributed by atoms with E-state index in [4.69, 9.17) is 4.74 Å².